The van der Waals surface area contributed by atoms with Crippen LogP contribution in [0.2, 0.25) is 0 Å². The summed E-state index contributed by atoms with van der Waals surface area (Å²) in [5.41, 5.74) is 31.1. The SMILES string of the molecule is CC1(C)c2ccccc2-c2ccc(N(c3ccccc3)c3cccc(-n4c5ccc(N(c6ccccc6)c6ccccc6)cc5c5cc6oc7ccccc7c6cc54)c3)cc21.c1ccc(N(c2ccccc2)c2ccc(-c3ccc(-n4c5ccc(N(c6ccccc6)c6ccccc6)cc5c5cc6oc7ccccc7c6cc54)cc3)cc2)cc1. The molecule has 0 saturated carbocycles. The highest BCUT2D eigenvalue weighted by atomic mass is 16.3. The van der Waals surface area contributed by atoms with Gasteiger partial charge in [0.1, 0.15) is 22.3 Å². The molecule has 4 aromatic heterocycles. The number of benzene rings is 18. The van der Waals surface area contributed by atoms with Crippen molar-refractivity contribution in [2.45, 2.75) is 19.3 Å². The van der Waals surface area contributed by atoms with E-state index in [2.05, 4.69) is 461 Å². The summed E-state index contributed by atoms with van der Waals surface area (Å²) in [4.78, 5) is 9.34. The Morgan fingerprint density at radius 3 is 0.966 bits per heavy atom. The molecule has 0 saturated heterocycles. The van der Waals surface area contributed by atoms with Crippen LogP contribution in [0.15, 0.2) is 446 Å². The van der Waals surface area contributed by atoms with Crippen molar-refractivity contribution in [2.75, 3.05) is 19.6 Å². The van der Waals surface area contributed by atoms with Crippen molar-refractivity contribution >= 4 is 156 Å². The minimum atomic E-state index is -0.118. The molecular weight excluding hydrogens is 1450 g/mol. The van der Waals surface area contributed by atoms with Crippen LogP contribution in [-0.4, -0.2) is 9.13 Å². The van der Waals surface area contributed by atoms with Gasteiger partial charge in [-0.2, -0.15) is 0 Å². The lowest BCUT2D eigenvalue weighted by atomic mass is 9.82. The lowest BCUT2D eigenvalue weighted by molar-refractivity contribution is 0.660. The summed E-state index contributed by atoms with van der Waals surface area (Å²) in [5, 5.41) is 9.03. The van der Waals surface area contributed by atoms with Gasteiger partial charge in [0.15, 0.2) is 0 Å². The fourth-order valence-corrected chi connectivity index (χ4v) is 18.3. The van der Waals surface area contributed by atoms with E-state index in [-0.39, 0.29) is 5.41 Å². The van der Waals surface area contributed by atoms with Crippen molar-refractivity contribution < 1.29 is 8.83 Å². The van der Waals surface area contributed by atoms with E-state index in [1.54, 1.807) is 0 Å². The number of hydrogen-bond donors (Lipinski definition) is 0. The molecule has 0 spiro atoms. The van der Waals surface area contributed by atoms with Crippen LogP contribution in [0, 0.1) is 0 Å². The molecule has 0 radical (unpaired) electrons. The first-order chi connectivity index (χ1) is 58.8. The van der Waals surface area contributed by atoms with Crippen LogP contribution >= 0.6 is 0 Å². The molecule has 18 aromatic carbocycles. The molecule has 0 amide bonds. The molecule has 0 N–H and O–H groups in total. The molecule has 8 nitrogen and oxygen atoms in total. The third-order valence-electron chi connectivity index (χ3n) is 23.9. The standard InChI is InChI=1S/C57H41N3O.C54H37N3O/c1-57(2)51-27-14-12-25-45(51)46-31-29-44(35-52(46)57)59(40-21-10-5-11-22-40)41-23-16-24-42(33-41)60-53-32-30-43(58(38-17-6-3-7-18-38)39-19-8-4-9-20-39)34-48(53)49-37-56-50(36-54(49)60)47-26-13-15-28-55(47)61-56;1-5-15-40(16-6-1)55(41-17-7-2-8-18-41)44-29-25-38(26-30-44)39-27-31-45(32-28-39)57-51-34-33-46(56(42-19-9-3-10-20-42)43-21-11-4-12-22-43)35-48(51)49-37-54-50(36-52(49)57)47-23-13-14-24-53(47)58-54/h3-37H,1-2H3;1-37H. The zero-order chi connectivity index (χ0) is 79.1. The molecule has 0 aliphatic heterocycles. The number of rotatable bonds is 15. The second-order valence-corrected chi connectivity index (χ2v) is 31.2. The van der Waals surface area contributed by atoms with Gasteiger partial charge in [0.05, 0.1) is 22.1 Å². The Kier molecular flexibility index (Phi) is 17.1. The number of hydrogen-bond acceptors (Lipinski definition) is 6. The van der Waals surface area contributed by atoms with Crippen LogP contribution in [0.1, 0.15) is 25.0 Å². The summed E-state index contributed by atoms with van der Waals surface area (Å²) in [6, 6.07) is 156. The highest BCUT2D eigenvalue weighted by molar-refractivity contribution is 6.20. The molecule has 4 heterocycles. The minimum Gasteiger partial charge on any atom is -0.456 e. The summed E-state index contributed by atoms with van der Waals surface area (Å²) >= 11 is 0. The van der Waals surface area contributed by atoms with E-state index in [9.17, 15) is 0 Å². The summed E-state index contributed by atoms with van der Waals surface area (Å²) in [6.45, 7) is 4.70. The molecule has 119 heavy (non-hydrogen) atoms. The van der Waals surface area contributed by atoms with Gasteiger partial charge in [-0.3, -0.25) is 0 Å². The Hall–Kier alpha value is -15.6. The van der Waals surface area contributed by atoms with E-state index >= 15 is 0 Å². The Morgan fingerprint density at radius 2 is 0.513 bits per heavy atom. The summed E-state index contributed by atoms with van der Waals surface area (Å²) < 4.78 is 17.8. The van der Waals surface area contributed by atoms with Crippen molar-refractivity contribution in [3.8, 4) is 33.6 Å². The predicted octanol–water partition coefficient (Wildman–Crippen LogP) is 31.2. The minimum absolute atomic E-state index is 0.118. The summed E-state index contributed by atoms with van der Waals surface area (Å²) in [5.74, 6) is 0. The highest BCUT2D eigenvalue weighted by Crippen LogP contribution is 2.52. The maximum Gasteiger partial charge on any atom is 0.136 e. The van der Waals surface area contributed by atoms with Crippen molar-refractivity contribution in [3.05, 3.63) is 448 Å². The first-order valence-corrected chi connectivity index (χ1v) is 40.7. The second kappa shape index (κ2) is 29.0. The quantitative estimate of drug-likeness (QED) is 0.102. The van der Waals surface area contributed by atoms with E-state index in [0.717, 1.165) is 178 Å². The van der Waals surface area contributed by atoms with Crippen molar-refractivity contribution in [3.63, 3.8) is 0 Å². The van der Waals surface area contributed by atoms with Crippen LogP contribution in [0.3, 0.4) is 0 Å². The average molecular weight is 1530 g/mol. The van der Waals surface area contributed by atoms with E-state index in [1.165, 1.54) is 22.3 Å². The van der Waals surface area contributed by atoms with Crippen LogP contribution in [0.25, 0.3) is 121 Å². The Morgan fingerprint density at radius 1 is 0.193 bits per heavy atom. The number of fused-ring (bicyclic) bond motifs is 15. The zero-order valence-corrected chi connectivity index (χ0v) is 65.6. The fourth-order valence-electron chi connectivity index (χ4n) is 18.3. The molecule has 564 valence electrons. The van der Waals surface area contributed by atoms with Gasteiger partial charge < -0.3 is 37.6 Å². The smallest absolute Gasteiger partial charge is 0.136 e. The van der Waals surface area contributed by atoms with Crippen LogP contribution in [0.4, 0.5) is 68.2 Å². The lowest BCUT2D eigenvalue weighted by Crippen LogP contribution is -2.16. The normalized spacial score (nSPS) is 12.2. The molecule has 8 heteroatoms. The molecule has 0 atom stereocenters. The number of anilines is 12. The van der Waals surface area contributed by atoms with Gasteiger partial charge in [-0.05, 0) is 246 Å². The predicted molar refractivity (Wildman–Crippen MR) is 498 cm³/mol. The van der Waals surface area contributed by atoms with E-state index < -0.39 is 0 Å². The Balaban J connectivity index is 0.000000143. The lowest BCUT2D eigenvalue weighted by Gasteiger charge is -2.28. The van der Waals surface area contributed by atoms with Gasteiger partial charge in [-0.15, -0.1) is 0 Å². The maximum atomic E-state index is 6.53. The Labute approximate surface area is 689 Å². The van der Waals surface area contributed by atoms with Gasteiger partial charge in [0, 0.05) is 128 Å². The molecule has 0 bridgehead atoms. The Bertz CT molecular complexity index is 7430. The first-order valence-electron chi connectivity index (χ1n) is 40.7. The number of aromatic nitrogens is 2. The summed E-state index contributed by atoms with van der Waals surface area (Å²) in [7, 11) is 0. The number of nitrogens with zero attached hydrogens (tertiary/aromatic N) is 6. The molecule has 0 fully saturated rings. The van der Waals surface area contributed by atoms with E-state index in [1.807, 2.05) is 18.2 Å². The van der Waals surface area contributed by atoms with Crippen LogP contribution < -0.4 is 19.6 Å². The highest BCUT2D eigenvalue weighted by Gasteiger charge is 2.36. The molecule has 1 aliphatic rings. The third kappa shape index (κ3) is 12.2. The molecule has 23 rings (SSSR count). The van der Waals surface area contributed by atoms with Gasteiger partial charge in [0.2, 0.25) is 0 Å². The number of para-hydroxylation sites is 9. The molecule has 1 aliphatic carbocycles. The number of furan rings is 2. The largest absolute Gasteiger partial charge is 0.456 e. The van der Waals surface area contributed by atoms with E-state index in [4.69, 9.17) is 8.83 Å². The zero-order valence-electron chi connectivity index (χ0n) is 65.6. The van der Waals surface area contributed by atoms with Gasteiger partial charge in [0.25, 0.3) is 0 Å². The van der Waals surface area contributed by atoms with Gasteiger partial charge >= 0.3 is 0 Å². The molecular formula is C111H78N6O2. The summed E-state index contributed by atoms with van der Waals surface area (Å²) in [6.07, 6.45) is 0. The first kappa shape index (κ1) is 70.0. The van der Waals surface area contributed by atoms with Crippen LogP contribution in [-0.2, 0) is 5.41 Å². The monoisotopic (exact) mass is 1530 g/mol. The van der Waals surface area contributed by atoms with Crippen molar-refractivity contribution in [2.24, 2.45) is 0 Å². The van der Waals surface area contributed by atoms with Crippen molar-refractivity contribution in [1.29, 1.82) is 0 Å². The van der Waals surface area contributed by atoms with Gasteiger partial charge in [-0.1, -0.05) is 238 Å². The van der Waals surface area contributed by atoms with Crippen LogP contribution in [0.5, 0.6) is 0 Å². The molecule has 0 unspecified atom stereocenters. The topological polar surface area (TPSA) is 49.1 Å². The van der Waals surface area contributed by atoms with E-state index in [0.29, 0.717) is 0 Å². The van der Waals surface area contributed by atoms with Gasteiger partial charge in [-0.25, -0.2) is 0 Å². The maximum absolute atomic E-state index is 6.53. The molecule has 22 aromatic rings. The third-order valence-corrected chi connectivity index (χ3v) is 23.9. The van der Waals surface area contributed by atoms with Crippen molar-refractivity contribution in [1.82, 2.24) is 9.13 Å². The fraction of sp³-hybridized carbons (Fsp3) is 0.0270. The second-order valence-electron chi connectivity index (χ2n) is 31.2. The average Bonchev–Trinajstić information content (AvgIpc) is 1.58.